The number of para-hydroxylation sites is 2. The number of ether oxygens (including phenoxy) is 1. The molecule has 13 heavy (non-hydrogen) atoms. The summed E-state index contributed by atoms with van der Waals surface area (Å²) in [5, 5.41) is 2.93. The predicted molar refractivity (Wildman–Crippen MR) is 51.8 cm³/mol. The van der Waals surface area contributed by atoms with Crippen LogP contribution in [0.2, 0.25) is 0 Å². The van der Waals surface area contributed by atoms with Gasteiger partial charge < -0.3 is 10.1 Å². The first-order chi connectivity index (χ1) is 6.38. The number of aldehydes is 1. The first-order valence-electron chi connectivity index (χ1n) is 3.88. The van der Waals surface area contributed by atoms with Crippen LogP contribution in [0, 0.1) is 0 Å². The normalized spacial score (nSPS) is 9.92. The molecule has 1 rings (SSSR count). The number of rotatable bonds is 4. The number of hydrogen-bond donors (Lipinski definition) is 1. The number of anilines is 1. The molecule has 0 aliphatic carbocycles. The van der Waals surface area contributed by atoms with Crippen LogP contribution in [-0.4, -0.2) is 13.4 Å². The summed E-state index contributed by atoms with van der Waals surface area (Å²) in [6.07, 6.45) is 3.65. The Hall–Kier alpha value is -1.77. The molecule has 0 saturated heterocycles. The molecule has 3 nitrogen and oxygen atoms in total. The molecule has 0 bridgehead atoms. The largest absolute Gasteiger partial charge is 0.495 e. The summed E-state index contributed by atoms with van der Waals surface area (Å²) >= 11 is 0. The van der Waals surface area contributed by atoms with Gasteiger partial charge in [0.15, 0.2) is 0 Å². The lowest BCUT2D eigenvalue weighted by atomic mass is 10.3. The summed E-state index contributed by atoms with van der Waals surface area (Å²) in [6, 6.07) is 7.48. The smallest absolute Gasteiger partial charge is 0.144 e. The fraction of sp³-hybridized carbons (Fsp3) is 0.100. The van der Waals surface area contributed by atoms with Gasteiger partial charge in [0, 0.05) is 6.20 Å². The molecule has 0 spiro atoms. The monoisotopic (exact) mass is 177 g/mol. The molecule has 0 heterocycles. The lowest BCUT2D eigenvalue weighted by Gasteiger charge is -2.06. The standard InChI is InChI=1S/C10H11NO2/c1-13-10-6-3-2-5-9(10)11-7-4-8-12/h2-8,11H,1H3/b7-4-. The van der Waals surface area contributed by atoms with Crippen LogP contribution in [0.4, 0.5) is 5.69 Å². The summed E-state index contributed by atoms with van der Waals surface area (Å²) in [5.41, 5.74) is 0.836. The Morgan fingerprint density at radius 2 is 2.15 bits per heavy atom. The van der Waals surface area contributed by atoms with Gasteiger partial charge in [-0.25, -0.2) is 0 Å². The van der Waals surface area contributed by atoms with Gasteiger partial charge in [-0.05, 0) is 18.2 Å². The summed E-state index contributed by atoms with van der Waals surface area (Å²) < 4.78 is 5.09. The molecule has 0 radical (unpaired) electrons. The Labute approximate surface area is 77.0 Å². The minimum Gasteiger partial charge on any atom is -0.495 e. The van der Waals surface area contributed by atoms with Crippen molar-refractivity contribution >= 4 is 12.0 Å². The zero-order valence-electron chi connectivity index (χ0n) is 7.36. The molecule has 68 valence electrons. The van der Waals surface area contributed by atoms with E-state index in [0.29, 0.717) is 6.29 Å². The van der Waals surface area contributed by atoms with Crippen molar-refractivity contribution in [3.05, 3.63) is 36.5 Å². The van der Waals surface area contributed by atoms with Crippen molar-refractivity contribution in [2.75, 3.05) is 12.4 Å². The first-order valence-corrected chi connectivity index (χ1v) is 3.88. The van der Waals surface area contributed by atoms with Gasteiger partial charge in [-0.1, -0.05) is 12.1 Å². The van der Waals surface area contributed by atoms with Gasteiger partial charge in [-0.2, -0.15) is 0 Å². The number of hydrogen-bond acceptors (Lipinski definition) is 3. The number of carbonyl (C=O) groups is 1. The van der Waals surface area contributed by atoms with E-state index in [4.69, 9.17) is 4.74 Å². The second-order valence-electron chi connectivity index (χ2n) is 2.34. The zero-order chi connectivity index (χ0) is 9.52. The molecule has 1 aromatic rings. The molecule has 0 fully saturated rings. The number of benzene rings is 1. The summed E-state index contributed by atoms with van der Waals surface area (Å²) in [4.78, 5) is 9.99. The molecule has 0 unspecified atom stereocenters. The zero-order valence-corrected chi connectivity index (χ0v) is 7.36. The third-order valence-corrected chi connectivity index (χ3v) is 1.52. The SMILES string of the molecule is COc1ccccc1N/C=C\C=O. The topological polar surface area (TPSA) is 38.3 Å². The highest BCUT2D eigenvalue weighted by atomic mass is 16.5. The van der Waals surface area contributed by atoms with E-state index in [2.05, 4.69) is 5.32 Å². The molecule has 1 N–H and O–H groups in total. The molecular formula is C10H11NO2. The first kappa shape index (κ1) is 9.32. The fourth-order valence-corrected chi connectivity index (χ4v) is 0.941. The summed E-state index contributed by atoms with van der Waals surface area (Å²) in [5.74, 6) is 0.748. The summed E-state index contributed by atoms with van der Waals surface area (Å²) in [7, 11) is 1.60. The minimum absolute atomic E-state index is 0.711. The number of allylic oxidation sites excluding steroid dienone is 1. The Morgan fingerprint density at radius 1 is 1.38 bits per heavy atom. The van der Waals surface area contributed by atoms with E-state index in [1.165, 1.54) is 6.08 Å². The van der Waals surface area contributed by atoms with Gasteiger partial charge in [-0.15, -0.1) is 0 Å². The van der Waals surface area contributed by atoms with Gasteiger partial charge in [0.1, 0.15) is 12.0 Å². The lowest BCUT2D eigenvalue weighted by Crippen LogP contribution is -1.92. The highest BCUT2D eigenvalue weighted by molar-refractivity contribution is 5.67. The summed E-state index contributed by atoms with van der Waals surface area (Å²) in [6.45, 7) is 0. The van der Waals surface area contributed by atoms with E-state index in [9.17, 15) is 4.79 Å². The van der Waals surface area contributed by atoms with Crippen LogP contribution in [0.25, 0.3) is 0 Å². The molecular weight excluding hydrogens is 166 g/mol. The van der Waals surface area contributed by atoms with Crippen molar-refractivity contribution in [3.63, 3.8) is 0 Å². The van der Waals surface area contributed by atoms with Crippen LogP contribution < -0.4 is 10.1 Å². The highest BCUT2D eigenvalue weighted by Crippen LogP contribution is 2.22. The molecule has 0 atom stereocenters. The highest BCUT2D eigenvalue weighted by Gasteiger charge is 1.96. The number of methoxy groups -OCH3 is 1. The van der Waals surface area contributed by atoms with Gasteiger partial charge >= 0.3 is 0 Å². The van der Waals surface area contributed by atoms with Crippen LogP contribution in [-0.2, 0) is 4.79 Å². The Bertz CT molecular complexity index is 308. The van der Waals surface area contributed by atoms with Crippen LogP contribution in [0.5, 0.6) is 5.75 Å². The third kappa shape index (κ3) is 2.63. The Balaban J connectivity index is 2.74. The average Bonchev–Trinajstić information content (AvgIpc) is 2.19. The molecule has 0 aliphatic heterocycles. The molecule has 3 heteroatoms. The molecule has 0 aromatic heterocycles. The van der Waals surface area contributed by atoms with Gasteiger partial charge in [0.05, 0.1) is 12.8 Å². The fourth-order valence-electron chi connectivity index (χ4n) is 0.941. The van der Waals surface area contributed by atoms with Crippen molar-refractivity contribution in [1.29, 1.82) is 0 Å². The quantitative estimate of drug-likeness (QED) is 0.563. The van der Waals surface area contributed by atoms with Crippen molar-refractivity contribution in [1.82, 2.24) is 0 Å². The van der Waals surface area contributed by atoms with Crippen LogP contribution in [0.3, 0.4) is 0 Å². The van der Waals surface area contributed by atoms with Gasteiger partial charge in [-0.3, -0.25) is 4.79 Å². The second kappa shape index (κ2) is 4.98. The van der Waals surface area contributed by atoms with E-state index in [1.807, 2.05) is 24.3 Å². The van der Waals surface area contributed by atoms with Crippen molar-refractivity contribution < 1.29 is 9.53 Å². The van der Waals surface area contributed by atoms with Gasteiger partial charge in [0.25, 0.3) is 0 Å². The lowest BCUT2D eigenvalue weighted by molar-refractivity contribution is -0.104. The van der Waals surface area contributed by atoms with Crippen molar-refractivity contribution in [3.8, 4) is 5.75 Å². The van der Waals surface area contributed by atoms with Gasteiger partial charge in [0.2, 0.25) is 0 Å². The Kier molecular flexibility index (Phi) is 3.57. The molecule has 0 saturated carbocycles. The number of carbonyl (C=O) groups excluding carboxylic acids is 1. The molecule has 0 amide bonds. The predicted octanol–water partition coefficient (Wildman–Crippen LogP) is 1.82. The van der Waals surface area contributed by atoms with E-state index < -0.39 is 0 Å². The van der Waals surface area contributed by atoms with E-state index >= 15 is 0 Å². The van der Waals surface area contributed by atoms with Crippen LogP contribution in [0.1, 0.15) is 0 Å². The third-order valence-electron chi connectivity index (χ3n) is 1.52. The average molecular weight is 177 g/mol. The van der Waals surface area contributed by atoms with Crippen LogP contribution >= 0.6 is 0 Å². The molecule has 1 aromatic carbocycles. The van der Waals surface area contributed by atoms with E-state index in [1.54, 1.807) is 13.3 Å². The maximum atomic E-state index is 9.99. The molecule has 0 aliphatic rings. The second-order valence-corrected chi connectivity index (χ2v) is 2.34. The maximum Gasteiger partial charge on any atom is 0.144 e. The van der Waals surface area contributed by atoms with Crippen molar-refractivity contribution in [2.45, 2.75) is 0 Å². The van der Waals surface area contributed by atoms with Crippen molar-refractivity contribution in [2.24, 2.45) is 0 Å². The maximum absolute atomic E-state index is 9.99. The minimum atomic E-state index is 0.711. The number of nitrogens with one attached hydrogen (secondary N) is 1. The van der Waals surface area contributed by atoms with Crippen LogP contribution in [0.15, 0.2) is 36.5 Å². The van der Waals surface area contributed by atoms with E-state index in [0.717, 1.165) is 11.4 Å². The van der Waals surface area contributed by atoms with E-state index in [-0.39, 0.29) is 0 Å². The Morgan fingerprint density at radius 3 is 2.85 bits per heavy atom.